The van der Waals surface area contributed by atoms with Crippen LogP contribution >= 0.6 is 11.6 Å². The summed E-state index contributed by atoms with van der Waals surface area (Å²) in [6.07, 6.45) is 4.38. The van der Waals surface area contributed by atoms with E-state index in [-0.39, 0.29) is 11.0 Å². The van der Waals surface area contributed by atoms with Gasteiger partial charge in [0.05, 0.1) is 4.92 Å². The number of aromatic nitrogens is 2. The second kappa shape index (κ2) is 6.35. The summed E-state index contributed by atoms with van der Waals surface area (Å²) in [7, 11) is 0. The van der Waals surface area contributed by atoms with Gasteiger partial charge in [-0.05, 0) is 43.7 Å². The van der Waals surface area contributed by atoms with Gasteiger partial charge in [-0.3, -0.25) is 10.1 Å². The van der Waals surface area contributed by atoms with Crippen molar-refractivity contribution >= 4 is 23.1 Å². The van der Waals surface area contributed by atoms with Gasteiger partial charge in [0, 0.05) is 13.1 Å². The van der Waals surface area contributed by atoms with Crippen molar-refractivity contribution in [2.75, 3.05) is 18.0 Å². The SMILES string of the molecule is CCC1CCCN(c2nc(Cl)nc(C)c2[N+](=O)[O-])CC1. The third-order valence-electron chi connectivity index (χ3n) is 3.92. The summed E-state index contributed by atoms with van der Waals surface area (Å²) in [6, 6.07) is 0. The number of nitro groups is 1. The lowest BCUT2D eigenvalue weighted by Crippen LogP contribution is -2.26. The molecule has 1 atom stereocenters. The first-order valence-electron chi connectivity index (χ1n) is 6.96. The molecule has 1 aromatic heterocycles. The van der Waals surface area contributed by atoms with E-state index in [0.717, 1.165) is 32.4 Å². The van der Waals surface area contributed by atoms with Crippen molar-refractivity contribution in [3.8, 4) is 0 Å². The zero-order chi connectivity index (χ0) is 14.7. The third kappa shape index (κ3) is 3.17. The summed E-state index contributed by atoms with van der Waals surface area (Å²) >= 11 is 5.87. The van der Waals surface area contributed by atoms with E-state index in [1.165, 1.54) is 6.42 Å². The Kier molecular flexibility index (Phi) is 4.75. The minimum Gasteiger partial charge on any atom is -0.351 e. The number of anilines is 1. The van der Waals surface area contributed by atoms with Crippen LogP contribution in [0.2, 0.25) is 5.28 Å². The van der Waals surface area contributed by atoms with E-state index >= 15 is 0 Å². The predicted molar refractivity (Wildman–Crippen MR) is 78.3 cm³/mol. The van der Waals surface area contributed by atoms with Crippen LogP contribution in [0.15, 0.2) is 0 Å². The van der Waals surface area contributed by atoms with Gasteiger partial charge in [-0.1, -0.05) is 13.3 Å². The van der Waals surface area contributed by atoms with Crippen molar-refractivity contribution in [3.05, 3.63) is 21.1 Å². The Labute approximate surface area is 123 Å². The topological polar surface area (TPSA) is 72.2 Å². The summed E-state index contributed by atoms with van der Waals surface area (Å²) in [6.45, 7) is 5.35. The van der Waals surface area contributed by atoms with Gasteiger partial charge < -0.3 is 4.90 Å². The van der Waals surface area contributed by atoms with Crippen LogP contribution in [0, 0.1) is 23.0 Å². The highest BCUT2D eigenvalue weighted by atomic mass is 35.5. The van der Waals surface area contributed by atoms with Gasteiger partial charge in [0.25, 0.3) is 0 Å². The molecule has 1 aliphatic heterocycles. The molecule has 0 bridgehead atoms. The summed E-state index contributed by atoms with van der Waals surface area (Å²) in [5, 5.41) is 11.3. The van der Waals surface area contributed by atoms with Crippen LogP contribution in [-0.2, 0) is 0 Å². The maximum Gasteiger partial charge on any atom is 0.332 e. The van der Waals surface area contributed by atoms with Crippen LogP contribution in [-0.4, -0.2) is 28.0 Å². The first kappa shape index (κ1) is 15.0. The molecular formula is C13H19ClN4O2. The number of nitrogens with zero attached hydrogens (tertiary/aromatic N) is 4. The summed E-state index contributed by atoms with van der Waals surface area (Å²) < 4.78 is 0. The van der Waals surface area contributed by atoms with Gasteiger partial charge in [-0.15, -0.1) is 0 Å². The molecule has 1 aromatic rings. The molecule has 0 aliphatic carbocycles. The molecule has 2 heterocycles. The van der Waals surface area contributed by atoms with Crippen LogP contribution < -0.4 is 4.90 Å². The van der Waals surface area contributed by atoms with Gasteiger partial charge in [-0.25, -0.2) is 4.98 Å². The van der Waals surface area contributed by atoms with Crippen molar-refractivity contribution in [2.45, 2.75) is 39.5 Å². The Bertz CT molecular complexity index is 509. The normalized spacial score (nSPS) is 19.8. The molecule has 7 heteroatoms. The Hall–Kier alpha value is -1.43. The highest BCUT2D eigenvalue weighted by Crippen LogP contribution is 2.32. The predicted octanol–water partition coefficient (Wildman–Crippen LogP) is 3.36. The van der Waals surface area contributed by atoms with E-state index in [0.29, 0.717) is 17.4 Å². The molecule has 0 aromatic carbocycles. The van der Waals surface area contributed by atoms with Crippen molar-refractivity contribution in [1.82, 2.24) is 9.97 Å². The Balaban J connectivity index is 2.34. The molecule has 0 spiro atoms. The van der Waals surface area contributed by atoms with E-state index in [4.69, 9.17) is 11.6 Å². The zero-order valence-corrected chi connectivity index (χ0v) is 12.6. The lowest BCUT2D eigenvalue weighted by atomic mass is 9.98. The first-order valence-corrected chi connectivity index (χ1v) is 7.34. The minimum atomic E-state index is -0.414. The molecule has 0 N–H and O–H groups in total. The maximum absolute atomic E-state index is 11.3. The largest absolute Gasteiger partial charge is 0.351 e. The van der Waals surface area contributed by atoms with Crippen LogP contribution in [0.3, 0.4) is 0 Å². The van der Waals surface area contributed by atoms with Gasteiger partial charge in [-0.2, -0.15) is 4.98 Å². The van der Waals surface area contributed by atoms with Crippen molar-refractivity contribution in [3.63, 3.8) is 0 Å². The monoisotopic (exact) mass is 298 g/mol. The summed E-state index contributed by atoms with van der Waals surface area (Å²) in [4.78, 5) is 20.8. The molecule has 2 rings (SSSR count). The molecule has 1 aliphatic rings. The fourth-order valence-electron chi connectivity index (χ4n) is 2.74. The third-order valence-corrected chi connectivity index (χ3v) is 4.09. The average molecular weight is 299 g/mol. The molecule has 1 saturated heterocycles. The average Bonchev–Trinajstić information content (AvgIpc) is 2.62. The van der Waals surface area contributed by atoms with Gasteiger partial charge in [0.1, 0.15) is 5.69 Å². The van der Waals surface area contributed by atoms with Crippen molar-refractivity contribution in [2.24, 2.45) is 5.92 Å². The van der Waals surface area contributed by atoms with Crippen molar-refractivity contribution < 1.29 is 4.92 Å². The Morgan fingerprint density at radius 3 is 2.80 bits per heavy atom. The van der Waals surface area contributed by atoms with Crippen LogP contribution in [0.25, 0.3) is 0 Å². The Morgan fingerprint density at radius 2 is 2.15 bits per heavy atom. The second-order valence-electron chi connectivity index (χ2n) is 5.20. The summed E-state index contributed by atoms with van der Waals surface area (Å²) in [5.74, 6) is 1.06. The lowest BCUT2D eigenvalue weighted by molar-refractivity contribution is -0.385. The van der Waals surface area contributed by atoms with E-state index in [1.807, 2.05) is 4.90 Å². The highest BCUT2D eigenvalue weighted by Gasteiger charge is 2.27. The molecule has 0 saturated carbocycles. The van der Waals surface area contributed by atoms with E-state index in [1.54, 1.807) is 6.92 Å². The fourth-order valence-corrected chi connectivity index (χ4v) is 2.94. The van der Waals surface area contributed by atoms with E-state index < -0.39 is 4.92 Å². The molecule has 1 fully saturated rings. The lowest BCUT2D eigenvalue weighted by Gasteiger charge is -2.21. The van der Waals surface area contributed by atoms with Gasteiger partial charge >= 0.3 is 5.69 Å². The van der Waals surface area contributed by atoms with E-state index in [9.17, 15) is 10.1 Å². The molecule has 0 radical (unpaired) electrons. The maximum atomic E-state index is 11.3. The van der Waals surface area contributed by atoms with Crippen molar-refractivity contribution in [1.29, 1.82) is 0 Å². The van der Waals surface area contributed by atoms with Gasteiger partial charge in [0.15, 0.2) is 0 Å². The van der Waals surface area contributed by atoms with Crippen LogP contribution in [0.1, 0.15) is 38.3 Å². The smallest absolute Gasteiger partial charge is 0.332 e. The zero-order valence-electron chi connectivity index (χ0n) is 11.8. The number of hydrogen-bond donors (Lipinski definition) is 0. The first-order chi connectivity index (χ1) is 9.52. The number of aryl methyl sites for hydroxylation is 1. The minimum absolute atomic E-state index is 0.0238. The summed E-state index contributed by atoms with van der Waals surface area (Å²) in [5.41, 5.74) is 0.297. The highest BCUT2D eigenvalue weighted by molar-refractivity contribution is 6.28. The Morgan fingerprint density at radius 1 is 1.40 bits per heavy atom. The second-order valence-corrected chi connectivity index (χ2v) is 5.54. The fraction of sp³-hybridized carbons (Fsp3) is 0.692. The van der Waals surface area contributed by atoms with E-state index in [2.05, 4.69) is 16.9 Å². The number of hydrogen-bond acceptors (Lipinski definition) is 5. The molecule has 20 heavy (non-hydrogen) atoms. The molecule has 6 nitrogen and oxygen atoms in total. The standard InChI is InChI=1S/C13H19ClN4O2/c1-3-10-5-4-7-17(8-6-10)12-11(18(19)20)9(2)15-13(14)16-12/h10H,3-8H2,1-2H3. The number of halogens is 1. The molecule has 1 unspecified atom stereocenters. The molecule has 0 amide bonds. The van der Waals surface area contributed by atoms with Gasteiger partial charge in [0.2, 0.25) is 11.1 Å². The molecular weight excluding hydrogens is 280 g/mol. The van der Waals surface area contributed by atoms with Crippen LogP contribution in [0.5, 0.6) is 0 Å². The number of rotatable bonds is 3. The van der Waals surface area contributed by atoms with Crippen LogP contribution in [0.4, 0.5) is 11.5 Å². The molecule has 110 valence electrons. The quantitative estimate of drug-likeness (QED) is 0.486.